The van der Waals surface area contributed by atoms with Crippen LogP contribution < -0.4 is 26.2 Å². The quantitative estimate of drug-likeness (QED) is 0.163. The molecule has 0 atom stereocenters. The van der Waals surface area contributed by atoms with E-state index in [2.05, 4.69) is 88.7 Å². The van der Waals surface area contributed by atoms with Crippen LogP contribution in [0.4, 0.5) is 34.1 Å². The maximum atomic E-state index is 2.79. The zero-order chi connectivity index (χ0) is 36.7. The molecule has 0 unspecified atom stereocenters. The molecule has 0 spiro atoms. The van der Waals surface area contributed by atoms with E-state index >= 15 is 0 Å². The molecule has 0 N–H and O–H groups in total. The van der Waals surface area contributed by atoms with Crippen LogP contribution in [-0.2, 0) is 0 Å². The highest BCUT2D eigenvalue weighted by molar-refractivity contribution is 7.00. The first-order chi connectivity index (χ1) is 28.2. The molecule has 4 fully saturated rings. The summed E-state index contributed by atoms with van der Waals surface area (Å²) in [6.07, 6.45) is 22.0. The van der Waals surface area contributed by atoms with Gasteiger partial charge in [-0.15, -0.1) is 0 Å². The molecule has 12 aliphatic carbocycles. The summed E-state index contributed by atoms with van der Waals surface area (Å²) >= 11 is 0. The van der Waals surface area contributed by atoms with E-state index in [-0.39, 0.29) is 6.71 Å². The van der Waals surface area contributed by atoms with Crippen LogP contribution in [0.3, 0.4) is 0 Å². The number of benzene rings is 5. The van der Waals surface area contributed by atoms with Crippen molar-refractivity contribution in [3.8, 4) is 0 Å². The van der Waals surface area contributed by atoms with Gasteiger partial charge in [0, 0.05) is 34.1 Å². The topological polar surface area (TPSA) is 6.48 Å². The Morgan fingerprint density at radius 2 is 0.632 bits per heavy atom. The van der Waals surface area contributed by atoms with Crippen LogP contribution >= 0.6 is 0 Å². The maximum absolute atomic E-state index is 2.79. The van der Waals surface area contributed by atoms with Crippen LogP contribution in [-0.4, -0.2) is 6.71 Å². The van der Waals surface area contributed by atoms with Crippen molar-refractivity contribution < 1.29 is 0 Å². The molecule has 0 saturated heterocycles. The van der Waals surface area contributed by atoms with Crippen molar-refractivity contribution in [3.63, 3.8) is 0 Å². The first-order valence-electron chi connectivity index (χ1n) is 23.6. The van der Waals surface area contributed by atoms with E-state index in [4.69, 9.17) is 0 Å². The lowest BCUT2D eigenvalue weighted by molar-refractivity contribution is 0.358. The van der Waals surface area contributed by atoms with Crippen molar-refractivity contribution in [2.75, 3.05) is 9.80 Å². The van der Waals surface area contributed by atoms with Gasteiger partial charge < -0.3 is 9.80 Å². The molecular formula is C54H53BN2. The van der Waals surface area contributed by atoms with Crippen molar-refractivity contribution in [2.45, 2.75) is 150 Å². The van der Waals surface area contributed by atoms with Crippen molar-refractivity contribution >= 4 is 57.2 Å². The molecule has 14 aliphatic rings. The standard InChI is InChI=1S/C54H53BN2/c1-2-50-54-51(3-1)57(39-21-23-41-31-6-10-33(11-7-31)43(41)25-39)53-29-47-37-18-14-35(15-19-37)45(47)27-49(53)55(54)48-26-44-34-12-16-36(17-13-34)46(44)28-52(48)56(50)38-20-22-40-30-4-8-32(9-5-30)42(40)24-38/h1-3,20-37H,4-19H2. The van der Waals surface area contributed by atoms with Crippen LogP contribution in [0.15, 0.2) is 78.9 Å². The minimum atomic E-state index is 0.243. The number of nitrogens with zero attached hydrogens (tertiary/aromatic N) is 2. The third-order valence-corrected chi connectivity index (χ3v) is 18.5. The Hall–Kier alpha value is -4.24. The summed E-state index contributed by atoms with van der Waals surface area (Å²) in [5.74, 6) is 5.89. The lowest BCUT2D eigenvalue weighted by Gasteiger charge is -2.48. The van der Waals surface area contributed by atoms with Crippen LogP contribution in [0, 0.1) is 0 Å². The molecule has 0 amide bonds. The molecule has 4 saturated carbocycles. The Kier molecular flexibility index (Phi) is 6.28. The normalized spacial score (nSPS) is 31.0. The van der Waals surface area contributed by atoms with Crippen molar-refractivity contribution in [1.29, 1.82) is 0 Å². The van der Waals surface area contributed by atoms with Gasteiger partial charge in [0.1, 0.15) is 0 Å². The van der Waals surface area contributed by atoms with E-state index in [1.807, 2.05) is 0 Å². The van der Waals surface area contributed by atoms with E-state index in [0.717, 1.165) is 47.3 Å². The molecule has 8 bridgehead atoms. The second-order valence-electron chi connectivity index (χ2n) is 20.7. The Morgan fingerprint density at radius 1 is 0.316 bits per heavy atom. The number of hydrogen-bond acceptors (Lipinski definition) is 2. The number of hydrogen-bond donors (Lipinski definition) is 0. The first-order valence-corrected chi connectivity index (χ1v) is 23.6. The van der Waals surface area contributed by atoms with Crippen molar-refractivity contribution in [2.24, 2.45) is 0 Å². The molecule has 3 heteroatoms. The van der Waals surface area contributed by atoms with Crippen molar-refractivity contribution in [1.82, 2.24) is 0 Å². The minimum absolute atomic E-state index is 0.243. The van der Waals surface area contributed by atoms with Gasteiger partial charge in [0.05, 0.1) is 0 Å². The smallest absolute Gasteiger partial charge is 0.252 e. The summed E-state index contributed by atoms with van der Waals surface area (Å²) in [6.45, 7) is 0.243. The number of fused-ring (bicyclic) bond motifs is 12. The second-order valence-corrected chi connectivity index (χ2v) is 20.7. The molecular weight excluding hydrogens is 687 g/mol. The SMILES string of the molecule is c1cc2c3c(c1)N(c1ccc4c(c1)C1CCC4CC1)c1cc4c(cc1B3c1cc3c(cc1N2c1ccc2c(c1)C1CCC2CC1)C1CCC3CC1)C1CCC4CC1. The van der Waals surface area contributed by atoms with Gasteiger partial charge in [0.2, 0.25) is 0 Å². The van der Waals surface area contributed by atoms with E-state index in [9.17, 15) is 0 Å². The fourth-order valence-corrected chi connectivity index (χ4v) is 15.8. The summed E-state index contributed by atoms with van der Waals surface area (Å²) < 4.78 is 0. The van der Waals surface area contributed by atoms with E-state index in [1.54, 1.807) is 55.4 Å². The highest BCUT2D eigenvalue weighted by atomic mass is 15.2. The van der Waals surface area contributed by atoms with E-state index in [0.29, 0.717) is 0 Å². The van der Waals surface area contributed by atoms with Crippen LogP contribution in [0.5, 0.6) is 0 Å². The molecule has 2 nitrogen and oxygen atoms in total. The third-order valence-electron chi connectivity index (χ3n) is 18.5. The van der Waals surface area contributed by atoms with E-state index < -0.39 is 0 Å². The van der Waals surface area contributed by atoms with Crippen molar-refractivity contribution in [3.05, 3.63) is 123 Å². The lowest BCUT2D eigenvalue weighted by atomic mass is 9.33. The summed E-state index contributed by atoms with van der Waals surface area (Å²) in [4.78, 5) is 5.54. The number of rotatable bonds is 2. The second kappa shape index (κ2) is 11.3. The van der Waals surface area contributed by atoms with Gasteiger partial charge in [-0.1, -0.05) is 30.3 Å². The van der Waals surface area contributed by atoms with Gasteiger partial charge in [-0.05, 0) is 260 Å². The zero-order valence-electron chi connectivity index (χ0n) is 33.4. The first kappa shape index (κ1) is 31.7. The predicted octanol–water partition coefficient (Wildman–Crippen LogP) is 12.8. The molecule has 0 aromatic heterocycles. The van der Waals surface area contributed by atoms with Gasteiger partial charge in [0.15, 0.2) is 0 Å². The Bertz CT molecular complexity index is 2400. The third kappa shape index (κ3) is 4.15. The summed E-state index contributed by atoms with van der Waals surface area (Å²) in [5.41, 5.74) is 26.7. The Morgan fingerprint density at radius 3 is 1.00 bits per heavy atom. The summed E-state index contributed by atoms with van der Waals surface area (Å²) in [7, 11) is 0. The van der Waals surface area contributed by atoms with Crippen LogP contribution in [0.25, 0.3) is 0 Å². The molecule has 19 rings (SSSR count). The Labute approximate surface area is 339 Å². The summed E-state index contributed by atoms with van der Waals surface area (Å²) in [5, 5.41) is 0. The van der Waals surface area contributed by atoms with Gasteiger partial charge in [-0.25, -0.2) is 0 Å². The number of anilines is 6. The summed E-state index contributed by atoms with van der Waals surface area (Å²) in [6, 6.07) is 34.0. The molecule has 2 heterocycles. The Balaban J connectivity index is 1.01. The highest BCUT2D eigenvalue weighted by Gasteiger charge is 2.47. The average molecular weight is 741 g/mol. The lowest BCUT2D eigenvalue weighted by Crippen LogP contribution is -2.62. The van der Waals surface area contributed by atoms with Crippen LogP contribution in [0.1, 0.15) is 195 Å². The molecule has 2 aliphatic heterocycles. The molecule has 57 heavy (non-hydrogen) atoms. The van der Waals surface area contributed by atoms with E-state index in [1.165, 1.54) is 142 Å². The molecule has 5 aromatic carbocycles. The van der Waals surface area contributed by atoms with Gasteiger partial charge in [-0.3, -0.25) is 0 Å². The highest BCUT2D eigenvalue weighted by Crippen LogP contribution is 2.57. The minimum Gasteiger partial charge on any atom is -0.311 e. The molecule has 5 aromatic rings. The largest absolute Gasteiger partial charge is 0.311 e. The van der Waals surface area contributed by atoms with Gasteiger partial charge in [0.25, 0.3) is 6.71 Å². The zero-order valence-corrected chi connectivity index (χ0v) is 33.4. The monoisotopic (exact) mass is 740 g/mol. The average Bonchev–Trinajstić information content (AvgIpc) is 3.29. The van der Waals surface area contributed by atoms with Gasteiger partial charge in [-0.2, -0.15) is 0 Å². The fraction of sp³-hybridized carbons (Fsp3) is 0.444. The maximum Gasteiger partial charge on any atom is 0.252 e. The van der Waals surface area contributed by atoms with Gasteiger partial charge >= 0.3 is 0 Å². The molecule has 282 valence electrons. The fourth-order valence-electron chi connectivity index (χ4n) is 15.8. The molecule has 0 radical (unpaired) electrons. The van der Waals surface area contributed by atoms with Crippen LogP contribution in [0.2, 0.25) is 0 Å². The predicted molar refractivity (Wildman–Crippen MR) is 236 cm³/mol.